The number of ether oxygens (including phenoxy) is 1. The summed E-state index contributed by atoms with van der Waals surface area (Å²) in [5, 5.41) is 0. The highest BCUT2D eigenvalue weighted by Gasteiger charge is 2.06. The zero-order valence-electron chi connectivity index (χ0n) is 11.6. The Hall–Kier alpha value is -2.49. The van der Waals surface area contributed by atoms with Crippen LogP contribution in [0.4, 0.5) is 4.39 Å². The zero-order valence-corrected chi connectivity index (χ0v) is 11.6. The first-order chi connectivity index (χ1) is 10.1. The lowest BCUT2D eigenvalue weighted by Gasteiger charge is -2.06. The molecular weight excluding hydrogens is 271 g/mol. The smallest absolute Gasteiger partial charge is 0.166 e. The molecule has 0 aliphatic rings. The van der Waals surface area contributed by atoms with Gasteiger partial charge in [0.25, 0.3) is 0 Å². The number of rotatable bonds is 6. The third kappa shape index (κ3) is 4.24. The van der Waals surface area contributed by atoms with Crippen LogP contribution >= 0.6 is 0 Å². The summed E-state index contributed by atoms with van der Waals surface area (Å²) in [6, 6.07) is 12.2. The SMILES string of the molecule is CC(=O)c1ccc(OCCC(=O)c2ccc(F)cc2)cc1. The second-order valence-corrected chi connectivity index (χ2v) is 4.61. The fourth-order valence-electron chi connectivity index (χ4n) is 1.83. The molecule has 2 rings (SSSR count). The van der Waals surface area contributed by atoms with Crippen LogP contribution in [0.1, 0.15) is 34.1 Å². The Bertz CT molecular complexity index is 630. The fourth-order valence-corrected chi connectivity index (χ4v) is 1.83. The number of ketones is 2. The van der Waals surface area contributed by atoms with E-state index in [-0.39, 0.29) is 30.4 Å². The van der Waals surface area contributed by atoms with Crippen molar-refractivity contribution < 1.29 is 18.7 Å². The van der Waals surface area contributed by atoms with Gasteiger partial charge in [0.05, 0.1) is 6.61 Å². The fraction of sp³-hybridized carbons (Fsp3) is 0.176. The van der Waals surface area contributed by atoms with Crippen molar-refractivity contribution in [3.8, 4) is 5.75 Å². The summed E-state index contributed by atoms with van der Waals surface area (Å²) in [4.78, 5) is 23.0. The van der Waals surface area contributed by atoms with E-state index in [0.717, 1.165) is 0 Å². The van der Waals surface area contributed by atoms with Crippen LogP contribution < -0.4 is 4.74 Å². The average molecular weight is 286 g/mol. The van der Waals surface area contributed by atoms with Gasteiger partial charge in [0.2, 0.25) is 0 Å². The highest BCUT2D eigenvalue weighted by molar-refractivity contribution is 5.96. The summed E-state index contributed by atoms with van der Waals surface area (Å²) in [7, 11) is 0. The van der Waals surface area contributed by atoms with Crippen molar-refractivity contribution in [3.05, 3.63) is 65.5 Å². The van der Waals surface area contributed by atoms with Crippen molar-refractivity contribution in [3.63, 3.8) is 0 Å². The molecule has 0 aromatic heterocycles. The predicted molar refractivity (Wildman–Crippen MR) is 77.3 cm³/mol. The van der Waals surface area contributed by atoms with Crippen LogP contribution in [-0.4, -0.2) is 18.2 Å². The Morgan fingerprint density at radius 1 is 0.952 bits per heavy atom. The molecular formula is C17H15FO3. The van der Waals surface area contributed by atoms with Crippen LogP contribution in [0, 0.1) is 5.82 Å². The molecule has 0 saturated carbocycles. The summed E-state index contributed by atoms with van der Waals surface area (Å²) < 4.78 is 18.2. The summed E-state index contributed by atoms with van der Waals surface area (Å²) >= 11 is 0. The maximum atomic E-state index is 12.8. The topological polar surface area (TPSA) is 43.4 Å². The van der Waals surface area contributed by atoms with Crippen molar-refractivity contribution in [1.29, 1.82) is 0 Å². The molecule has 0 spiro atoms. The first-order valence-corrected chi connectivity index (χ1v) is 6.59. The van der Waals surface area contributed by atoms with Crippen LogP contribution in [-0.2, 0) is 0 Å². The lowest BCUT2D eigenvalue weighted by atomic mass is 10.1. The van der Waals surface area contributed by atoms with E-state index in [9.17, 15) is 14.0 Å². The Morgan fingerprint density at radius 2 is 1.52 bits per heavy atom. The molecule has 0 heterocycles. The third-order valence-corrected chi connectivity index (χ3v) is 3.02. The van der Waals surface area contributed by atoms with Gasteiger partial charge < -0.3 is 4.74 Å². The maximum Gasteiger partial charge on any atom is 0.166 e. The second-order valence-electron chi connectivity index (χ2n) is 4.61. The van der Waals surface area contributed by atoms with Gasteiger partial charge in [-0.2, -0.15) is 0 Å². The molecule has 0 aliphatic heterocycles. The summed E-state index contributed by atoms with van der Waals surface area (Å²) in [5.41, 5.74) is 1.08. The summed E-state index contributed by atoms with van der Waals surface area (Å²) in [6.07, 6.45) is 0.208. The highest BCUT2D eigenvalue weighted by Crippen LogP contribution is 2.13. The van der Waals surface area contributed by atoms with Crippen molar-refractivity contribution in [2.24, 2.45) is 0 Å². The average Bonchev–Trinajstić information content (AvgIpc) is 2.48. The van der Waals surface area contributed by atoms with Crippen LogP contribution in [0.5, 0.6) is 5.75 Å². The van der Waals surface area contributed by atoms with Crippen LogP contribution in [0.25, 0.3) is 0 Å². The minimum atomic E-state index is -0.367. The van der Waals surface area contributed by atoms with Crippen molar-refractivity contribution in [2.45, 2.75) is 13.3 Å². The molecule has 0 atom stereocenters. The number of Topliss-reactive ketones (excluding diaryl/α,β-unsaturated/α-hetero) is 2. The van der Waals surface area contributed by atoms with Crippen LogP contribution in [0.15, 0.2) is 48.5 Å². The van der Waals surface area contributed by atoms with E-state index in [2.05, 4.69) is 0 Å². The monoisotopic (exact) mass is 286 g/mol. The molecule has 0 saturated heterocycles. The van der Waals surface area contributed by atoms with E-state index >= 15 is 0 Å². The van der Waals surface area contributed by atoms with Gasteiger partial charge in [-0.05, 0) is 55.5 Å². The van der Waals surface area contributed by atoms with Crippen molar-refractivity contribution >= 4 is 11.6 Å². The molecule has 0 unspecified atom stereocenters. The summed E-state index contributed by atoms with van der Waals surface area (Å²) in [5.74, 6) is 0.128. The molecule has 0 bridgehead atoms. The van der Waals surface area contributed by atoms with E-state index in [1.54, 1.807) is 24.3 Å². The van der Waals surface area contributed by atoms with E-state index in [4.69, 9.17) is 4.74 Å². The van der Waals surface area contributed by atoms with Crippen LogP contribution in [0.3, 0.4) is 0 Å². The molecule has 2 aromatic carbocycles. The minimum absolute atomic E-state index is 0.00645. The lowest BCUT2D eigenvalue weighted by Crippen LogP contribution is -2.06. The molecule has 3 nitrogen and oxygen atoms in total. The van der Waals surface area contributed by atoms with Gasteiger partial charge >= 0.3 is 0 Å². The number of halogens is 1. The first-order valence-electron chi connectivity index (χ1n) is 6.59. The molecule has 4 heteroatoms. The summed E-state index contributed by atoms with van der Waals surface area (Å²) in [6.45, 7) is 1.73. The second kappa shape index (κ2) is 6.79. The van der Waals surface area contributed by atoms with E-state index in [1.807, 2.05) is 0 Å². The van der Waals surface area contributed by atoms with Crippen molar-refractivity contribution in [2.75, 3.05) is 6.61 Å². The molecule has 2 aromatic rings. The van der Waals surface area contributed by atoms with Gasteiger partial charge in [0, 0.05) is 17.5 Å². The minimum Gasteiger partial charge on any atom is -0.493 e. The van der Waals surface area contributed by atoms with E-state index in [1.165, 1.54) is 31.2 Å². The number of carbonyl (C=O) groups excluding carboxylic acids is 2. The van der Waals surface area contributed by atoms with E-state index < -0.39 is 0 Å². The molecule has 0 aliphatic carbocycles. The predicted octanol–water partition coefficient (Wildman–Crippen LogP) is 3.68. The first kappa shape index (κ1) is 14.9. The standard InChI is InChI=1S/C17H15FO3/c1-12(19)13-4-8-16(9-5-13)21-11-10-17(20)14-2-6-15(18)7-3-14/h2-9H,10-11H2,1H3. The van der Waals surface area contributed by atoms with Gasteiger partial charge in [-0.25, -0.2) is 4.39 Å². The Morgan fingerprint density at radius 3 is 2.10 bits per heavy atom. The normalized spacial score (nSPS) is 10.2. The third-order valence-electron chi connectivity index (χ3n) is 3.02. The maximum absolute atomic E-state index is 12.8. The van der Waals surface area contributed by atoms with Gasteiger partial charge in [0.1, 0.15) is 11.6 Å². The molecule has 0 amide bonds. The highest BCUT2D eigenvalue weighted by atomic mass is 19.1. The molecule has 0 N–H and O–H groups in total. The Balaban J connectivity index is 1.85. The van der Waals surface area contributed by atoms with Gasteiger partial charge in [0.15, 0.2) is 11.6 Å². The molecule has 0 fully saturated rings. The largest absolute Gasteiger partial charge is 0.493 e. The van der Waals surface area contributed by atoms with Gasteiger partial charge in [-0.3, -0.25) is 9.59 Å². The number of benzene rings is 2. The molecule has 0 radical (unpaired) electrons. The number of hydrogen-bond donors (Lipinski definition) is 0. The molecule has 21 heavy (non-hydrogen) atoms. The number of hydrogen-bond acceptors (Lipinski definition) is 3. The van der Waals surface area contributed by atoms with Gasteiger partial charge in [-0.1, -0.05) is 0 Å². The number of carbonyl (C=O) groups is 2. The van der Waals surface area contributed by atoms with Crippen molar-refractivity contribution in [1.82, 2.24) is 0 Å². The van der Waals surface area contributed by atoms with Gasteiger partial charge in [-0.15, -0.1) is 0 Å². The van der Waals surface area contributed by atoms with E-state index in [0.29, 0.717) is 16.9 Å². The Labute approximate surface area is 122 Å². The zero-order chi connectivity index (χ0) is 15.2. The Kier molecular flexibility index (Phi) is 4.82. The molecule has 108 valence electrons. The lowest BCUT2D eigenvalue weighted by molar-refractivity contribution is 0.0961. The quantitative estimate of drug-likeness (QED) is 0.761. The van der Waals surface area contributed by atoms with Crippen LogP contribution in [0.2, 0.25) is 0 Å².